The van der Waals surface area contributed by atoms with Crippen LogP contribution in [0.4, 0.5) is 0 Å². The van der Waals surface area contributed by atoms with Gasteiger partial charge in [0.1, 0.15) is 11.2 Å². The molecule has 154 valence electrons. The van der Waals surface area contributed by atoms with Crippen LogP contribution in [0.3, 0.4) is 0 Å². The quantitative estimate of drug-likeness (QED) is 0.301. The summed E-state index contributed by atoms with van der Waals surface area (Å²) in [7, 11) is 0. The SMILES string of the molecule is CC(C)(C)c1ccc2c3c1oc1c(C(C)(C)C)cnc(c13)-c1ccccc1C2(C)C. The minimum absolute atomic E-state index is 0.00874. The van der Waals surface area contributed by atoms with Gasteiger partial charge in [-0.25, -0.2) is 0 Å². The van der Waals surface area contributed by atoms with Crippen molar-refractivity contribution < 1.29 is 4.42 Å². The number of rotatable bonds is 0. The third-order valence-electron chi connectivity index (χ3n) is 6.79. The summed E-state index contributed by atoms with van der Waals surface area (Å²) in [5, 5.41) is 2.42. The van der Waals surface area contributed by atoms with Crippen LogP contribution in [-0.4, -0.2) is 4.98 Å². The highest BCUT2D eigenvalue weighted by atomic mass is 16.3. The number of furan rings is 1. The van der Waals surface area contributed by atoms with Crippen LogP contribution in [0, 0.1) is 0 Å². The van der Waals surface area contributed by atoms with Crippen molar-refractivity contribution in [2.45, 2.75) is 71.6 Å². The molecule has 0 radical (unpaired) electrons. The van der Waals surface area contributed by atoms with Crippen molar-refractivity contribution in [1.82, 2.24) is 4.98 Å². The van der Waals surface area contributed by atoms with E-state index in [1.54, 1.807) is 0 Å². The number of hydrogen-bond donors (Lipinski definition) is 0. The van der Waals surface area contributed by atoms with E-state index in [2.05, 4.69) is 91.8 Å². The van der Waals surface area contributed by atoms with Gasteiger partial charge >= 0.3 is 0 Å². The zero-order chi connectivity index (χ0) is 21.6. The molecule has 2 aromatic heterocycles. The lowest BCUT2D eigenvalue weighted by atomic mass is 9.74. The van der Waals surface area contributed by atoms with Crippen molar-refractivity contribution in [3.05, 3.63) is 64.8 Å². The minimum atomic E-state index is -0.148. The molecule has 1 aliphatic carbocycles. The molecule has 0 atom stereocenters. The molecule has 0 spiro atoms. The van der Waals surface area contributed by atoms with Crippen molar-refractivity contribution in [3.8, 4) is 11.3 Å². The zero-order valence-corrected chi connectivity index (χ0v) is 19.4. The first-order valence-electron chi connectivity index (χ1n) is 10.9. The number of benzene rings is 2. The van der Waals surface area contributed by atoms with Crippen molar-refractivity contribution in [2.75, 3.05) is 0 Å². The van der Waals surface area contributed by atoms with E-state index < -0.39 is 0 Å². The Kier molecular flexibility index (Phi) is 3.71. The average molecular weight is 398 g/mol. The van der Waals surface area contributed by atoms with Crippen LogP contribution in [0.2, 0.25) is 0 Å². The van der Waals surface area contributed by atoms with Crippen molar-refractivity contribution in [3.63, 3.8) is 0 Å². The molecule has 0 N–H and O–H groups in total. The lowest BCUT2D eigenvalue weighted by Crippen LogP contribution is -2.20. The van der Waals surface area contributed by atoms with Gasteiger partial charge in [0.2, 0.25) is 0 Å². The topological polar surface area (TPSA) is 26.0 Å². The lowest BCUT2D eigenvalue weighted by molar-refractivity contribution is 0.554. The number of fused-ring (bicyclic) bond motifs is 2. The molecule has 1 aliphatic rings. The van der Waals surface area contributed by atoms with Gasteiger partial charge in [-0.3, -0.25) is 4.98 Å². The predicted octanol–water partition coefficient (Wildman–Crippen LogP) is 7.88. The van der Waals surface area contributed by atoms with Gasteiger partial charge in [-0.1, -0.05) is 91.8 Å². The van der Waals surface area contributed by atoms with E-state index in [0.717, 1.165) is 16.9 Å². The fraction of sp³-hybridized carbons (Fsp3) is 0.393. The molecule has 0 saturated heterocycles. The molecule has 0 unspecified atom stereocenters. The van der Waals surface area contributed by atoms with E-state index in [-0.39, 0.29) is 16.2 Å². The van der Waals surface area contributed by atoms with Gasteiger partial charge < -0.3 is 4.42 Å². The Morgan fingerprint density at radius 2 is 1.37 bits per heavy atom. The summed E-state index contributed by atoms with van der Waals surface area (Å²) < 4.78 is 6.79. The van der Waals surface area contributed by atoms with Gasteiger partial charge in [-0.05, 0) is 22.0 Å². The van der Waals surface area contributed by atoms with Crippen LogP contribution in [-0.2, 0) is 16.2 Å². The molecule has 4 aromatic rings. The Morgan fingerprint density at radius 1 is 0.733 bits per heavy atom. The second-order valence-electron chi connectivity index (χ2n) is 11.4. The second kappa shape index (κ2) is 5.75. The Bertz CT molecular complexity index is 1320. The van der Waals surface area contributed by atoms with Gasteiger partial charge in [0.05, 0.1) is 11.1 Å². The largest absolute Gasteiger partial charge is 0.455 e. The van der Waals surface area contributed by atoms with Crippen LogP contribution in [0.5, 0.6) is 0 Å². The third kappa shape index (κ3) is 2.46. The molecule has 2 heteroatoms. The zero-order valence-electron chi connectivity index (χ0n) is 19.4. The molecule has 0 saturated carbocycles. The number of aromatic nitrogens is 1. The van der Waals surface area contributed by atoms with Crippen LogP contribution in [0.15, 0.2) is 47.0 Å². The van der Waals surface area contributed by atoms with Gasteiger partial charge in [0.15, 0.2) is 0 Å². The van der Waals surface area contributed by atoms with Gasteiger partial charge in [0.25, 0.3) is 0 Å². The summed E-state index contributed by atoms with van der Waals surface area (Å²) in [5.41, 5.74) is 9.13. The number of hydrogen-bond acceptors (Lipinski definition) is 2. The van der Waals surface area contributed by atoms with Gasteiger partial charge in [-0.15, -0.1) is 0 Å². The van der Waals surface area contributed by atoms with Crippen LogP contribution < -0.4 is 0 Å². The second-order valence-corrected chi connectivity index (χ2v) is 11.4. The molecule has 2 heterocycles. The molecule has 0 amide bonds. The monoisotopic (exact) mass is 397 g/mol. The van der Waals surface area contributed by atoms with Crippen molar-refractivity contribution in [1.29, 1.82) is 0 Å². The van der Waals surface area contributed by atoms with E-state index in [4.69, 9.17) is 9.40 Å². The smallest absolute Gasteiger partial charge is 0.142 e. The van der Waals surface area contributed by atoms with E-state index in [9.17, 15) is 0 Å². The summed E-state index contributed by atoms with van der Waals surface area (Å²) in [4.78, 5) is 5.06. The molecule has 30 heavy (non-hydrogen) atoms. The molecular weight excluding hydrogens is 366 g/mol. The first-order chi connectivity index (χ1) is 13.9. The van der Waals surface area contributed by atoms with Crippen LogP contribution in [0.25, 0.3) is 33.2 Å². The van der Waals surface area contributed by atoms with E-state index in [0.29, 0.717) is 0 Å². The highest BCUT2D eigenvalue weighted by Gasteiger charge is 2.37. The standard InChI is InChI=1S/C28H31NO/c1-26(2,3)19-14-13-18-21-22-23(16-11-9-10-12-17(16)28(18,7)8)29-15-20(27(4,5)6)25(22)30-24(19)21/h9-15H,1-8H3. The van der Waals surface area contributed by atoms with Gasteiger partial charge in [0, 0.05) is 33.7 Å². The van der Waals surface area contributed by atoms with E-state index in [1.165, 1.54) is 38.6 Å². The number of pyridine rings is 1. The normalized spacial score (nSPS) is 15.6. The Morgan fingerprint density at radius 3 is 2.03 bits per heavy atom. The molecule has 0 fully saturated rings. The summed E-state index contributed by atoms with van der Waals surface area (Å²) in [6.45, 7) is 18.1. The maximum atomic E-state index is 6.79. The molecule has 5 rings (SSSR count). The predicted molar refractivity (Wildman–Crippen MR) is 126 cm³/mol. The Balaban J connectivity index is 2.11. The minimum Gasteiger partial charge on any atom is -0.455 e. The highest BCUT2D eigenvalue weighted by molar-refractivity contribution is 6.16. The van der Waals surface area contributed by atoms with E-state index in [1.807, 2.05) is 6.20 Å². The van der Waals surface area contributed by atoms with Gasteiger partial charge in [-0.2, -0.15) is 0 Å². The molecule has 0 bridgehead atoms. The average Bonchev–Trinajstić information content (AvgIpc) is 3.01. The fourth-order valence-corrected chi connectivity index (χ4v) is 5.10. The molecule has 0 aliphatic heterocycles. The van der Waals surface area contributed by atoms with Crippen LogP contribution >= 0.6 is 0 Å². The Labute approximate surface area is 179 Å². The molecular formula is C28H31NO. The molecule has 2 nitrogen and oxygen atoms in total. The van der Waals surface area contributed by atoms with E-state index >= 15 is 0 Å². The first kappa shape index (κ1) is 19.4. The third-order valence-corrected chi connectivity index (χ3v) is 6.79. The summed E-state index contributed by atoms with van der Waals surface area (Å²) >= 11 is 0. The Hall–Kier alpha value is -2.61. The summed E-state index contributed by atoms with van der Waals surface area (Å²) in [5.74, 6) is 0. The maximum Gasteiger partial charge on any atom is 0.142 e. The highest BCUT2D eigenvalue weighted by Crippen LogP contribution is 2.51. The fourth-order valence-electron chi connectivity index (χ4n) is 5.10. The lowest BCUT2D eigenvalue weighted by Gasteiger charge is -2.29. The van der Waals surface area contributed by atoms with Crippen LogP contribution in [0.1, 0.15) is 77.6 Å². The van der Waals surface area contributed by atoms with Crippen molar-refractivity contribution in [2.24, 2.45) is 0 Å². The maximum absolute atomic E-state index is 6.79. The first-order valence-corrected chi connectivity index (χ1v) is 10.9. The number of nitrogens with zero attached hydrogens (tertiary/aromatic N) is 1. The molecule has 2 aromatic carbocycles. The summed E-state index contributed by atoms with van der Waals surface area (Å²) in [6, 6.07) is 13.3. The van der Waals surface area contributed by atoms with Crippen molar-refractivity contribution >= 4 is 21.9 Å². The summed E-state index contributed by atoms with van der Waals surface area (Å²) in [6.07, 6.45) is 2.03.